The first-order chi connectivity index (χ1) is 15.2. The number of methoxy groups -OCH3 is 2. The zero-order valence-corrected chi connectivity index (χ0v) is 18.4. The number of carbonyl (C=O) groups excluding carboxylic acids is 4. The number of carbonyl (C=O) groups is 4. The zero-order chi connectivity index (χ0) is 23.5. The van der Waals surface area contributed by atoms with E-state index in [0.29, 0.717) is 6.42 Å². The van der Waals surface area contributed by atoms with Gasteiger partial charge in [-0.15, -0.1) is 0 Å². The molecule has 2 heterocycles. The van der Waals surface area contributed by atoms with Crippen LogP contribution in [-0.4, -0.2) is 60.7 Å². The molecule has 1 aromatic rings. The number of benzene rings is 1. The molecule has 0 saturated carbocycles. The first kappa shape index (κ1) is 23.1. The molecule has 0 N–H and O–H groups in total. The van der Waals surface area contributed by atoms with Crippen LogP contribution >= 0.6 is 0 Å². The number of imide groups is 1. The van der Waals surface area contributed by atoms with E-state index in [1.165, 1.54) is 26.6 Å². The van der Waals surface area contributed by atoms with Crippen molar-refractivity contribution in [3.05, 3.63) is 59.9 Å². The molecule has 1 fully saturated rings. The lowest BCUT2D eigenvalue weighted by Crippen LogP contribution is -2.46. The molecule has 0 spiro atoms. The number of rotatable bonds is 5. The van der Waals surface area contributed by atoms with Gasteiger partial charge >= 0.3 is 18.2 Å². The fourth-order valence-corrected chi connectivity index (χ4v) is 3.87. The van der Waals surface area contributed by atoms with Crippen LogP contribution < -0.4 is 0 Å². The summed E-state index contributed by atoms with van der Waals surface area (Å²) in [6.07, 6.45) is 3.18. The average Bonchev–Trinajstić information content (AvgIpc) is 3.17. The Morgan fingerprint density at radius 3 is 2.44 bits per heavy atom. The van der Waals surface area contributed by atoms with Crippen LogP contribution in [0.3, 0.4) is 0 Å². The third-order valence-electron chi connectivity index (χ3n) is 5.67. The van der Waals surface area contributed by atoms with Crippen molar-refractivity contribution in [2.45, 2.75) is 26.3 Å². The van der Waals surface area contributed by atoms with Crippen LogP contribution in [0.25, 0.3) is 0 Å². The van der Waals surface area contributed by atoms with Gasteiger partial charge in [-0.2, -0.15) is 0 Å². The van der Waals surface area contributed by atoms with Gasteiger partial charge in [0.25, 0.3) is 5.91 Å². The molecule has 0 bridgehead atoms. The van der Waals surface area contributed by atoms with E-state index in [0.717, 1.165) is 15.4 Å². The molecule has 0 aromatic heterocycles. The summed E-state index contributed by atoms with van der Waals surface area (Å²) in [5.41, 5.74) is -0.132. The van der Waals surface area contributed by atoms with Gasteiger partial charge in [0.1, 0.15) is 6.61 Å². The summed E-state index contributed by atoms with van der Waals surface area (Å²) < 4.78 is 14.8. The maximum Gasteiger partial charge on any atom is 0.417 e. The van der Waals surface area contributed by atoms with Crippen LogP contribution in [0.15, 0.2) is 54.4 Å². The summed E-state index contributed by atoms with van der Waals surface area (Å²) in [6, 6.07) is 8.89. The van der Waals surface area contributed by atoms with Gasteiger partial charge in [-0.05, 0) is 25.8 Å². The highest BCUT2D eigenvalue weighted by atomic mass is 16.6. The molecule has 9 heteroatoms. The zero-order valence-electron chi connectivity index (χ0n) is 18.4. The maximum absolute atomic E-state index is 13.6. The second-order valence-corrected chi connectivity index (χ2v) is 8.09. The number of hydrogen-bond acceptors (Lipinski definition) is 7. The largest absolute Gasteiger partial charge is 0.469 e. The molecule has 2 atom stereocenters. The highest BCUT2D eigenvalue weighted by Crippen LogP contribution is 2.39. The summed E-state index contributed by atoms with van der Waals surface area (Å²) in [6.45, 7) is 3.31. The SMILES string of the molecule is COC(=O)N1C=C[C@@H](C(C)(C)C(=O)OC)C(C(=O)N2C(=O)OC[C@@H]2Cc2ccccc2)=C1. The van der Waals surface area contributed by atoms with Gasteiger partial charge in [-0.3, -0.25) is 14.5 Å². The molecule has 1 aromatic carbocycles. The summed E-state index contributed by atoms with van der Waals surface area (Å²) in [5.74, 6) is -1.94. The molecule has 170 valence electrons. The molecule has 3 amide bonds. The van der Waals surface area contributed by atoms with Crippen LogP contribution in [0, 0.1) is 11.3 Å². The Morgan fingerprint density at radius 1 is 1.12 bits per heavy atom. The number of hydrogen-bond donors (Lipinski definition) is 0. The summed E-state index contributed by atoms with van der Waals surface area (Å²) in [7, 11) is 2.47. The molecular formula is C23H26N2O7. The Labute approximate surface area is 186 Å². The van der Waals surface area contributed by atoms with Crippen molar-refractivity contribution >= 4 is 24.1 Å². The van der Waals surface area contributed by atoms with E-state index in [-0.39, 0.29) is 12.2 Å². The summed E-state index contributed by atoms with van der Waals surface area (Å²) >= 11 is 0. The molecule has 1 saturated heterocycles. The van der Waals surface area contributed by atoms with E-state index in [1.807, 2.05) is 30.3 Å². The van der Waals surface area contributed by atoms with Crippen molar-refractivity contribution in [2.24, 2.45) is 11.3 Å². The minimum atomic E-state index is -1.15. The van der Waals surface area contributed by atoms with E-state index in [2.05, 4.69) is 0 Å². The van der Waals surface area contributed by atoms with Crippen LogP contribution in [0.5, 0.6) is 0 Å². The third kappa shape index (κ3) is 4.37. The lowest BCUT2D eigenvalue weighted by atomic mass is 9.73. The fourth-order valence-electron chi connectivity index (χ4n) is 3.87. The standard InChI is InChI=1S/C23H26N2O7/c1-23(2,20(27)30-3)18-10-11-24(21(28)31-4)13-17(18)19(26)25-16(14-32-22(25)29)12-15-8-6-5-7-9-15/h5-11,13,16,18H,12,14H2,1-4H3/t16-,18+/m0/s1. The van der Waals surface area contributed by atoms with Gasteiger partial charge in [0.2, 0.25) is 0 Å². The van der Waals surface area contributed by atoms with Gasteiger partial charge in [-0.25, -0.2) is 14.5 Å². The first-order valence-electron chi connectivity index (χ1n) is 10.1. The second-order valence-electron chi connectivity index (χ2n) is 8.09. The minimum Gasteiger partial charge on any atom is -0.469 e. The number of esters is 1. The average molecular weight is 442 g/mol. The molecule has 0 radical (unpaired) electrons. The van der Waals surface area contributed by atoms with Crippen LogP contribution in [-0.2, 0) is 30.2 Å². The summed E-state index contributed by atoms with van der Waals surface area (Å²) in [5, 5.41) is 0. The lowest BCUT2D eigenvalue weighted by molar-refractivity contribution is -0.152. The maximum atomic E-state index is 13.6. The van der Waals surface area contributed by atoms with Gasteiger partial charge in [0, 0.05) is 23.9 Å². The monoisotopic (exact) mass is 442 g/mol. The molecule has 2 aliphatic rings. The number of amides is 3. The number of nitrogens with zero attached hydrogens (tertiary/aromatic N) is 2. The van der Waals surface area contributed by atoms with E-state index < -0.39 is 41.4 Å². The van der Waals surface area contributed by atoms with E-state index in [4.69, 9.17) is 14.2 Å². The Kier molecular flexibility index (Phi) is 6.67. The van der Waals surface area contributed by atoms with Crippen molar-refractivity contribution in [1.29, 1.82) is 0 Å². The number of allylic oxidation sites excluding steroid dienone is 1. The highest BCUT2D eigenvalue weighted by molar-refractivity contribution is 6.05. The highest BCUT2D eigenvalue weighted by Gasteiger charge is 2.47. The predicted molar refractivity (Wildman–Crippen MR) is 113 cm³/mol. The molecule has 2 aliphatic heterocycles. The van der Waals surface area contributed by atoms with Gasteiger partial charge in [0.15, 0.2) is 0 Å². The fraction of sp³-hybridized carbons (Fsp3) is 0.391. The van der Waals surface area contributed by atoms with E-state index in [9.17, 15) is 19.2 Å². The van der Waals surface area contributed by atoms with Crippen LogP contribution in [0.4, 0.5) is 9.59 Å². The van der Waals surface area contributed by atoms with Crippen molar-refractivity contribution in [2.75, 3.05) is 20.8 Å². The van der Waals surface area contributed by atoms with E-state index >= 15 is 0 Å². The van der Waals surface area contributed by atoms with Crippen molar-refractivity contribution in [3.8, 4) is 0 Å². The number of ether oxygens (including phenoxy) is 3. The normalized spacial score (nSPS) is 20.5. The molecule has 0 aliphatic carbocycles. The Hall–Kier alpha value is -3.62. The lowest BCUT2D eigenvalue weighted by Gasteiger charge is -2.35. The van der Waals surface area contributed by atoms with Gasteiger partial charge in [-0.1, -0.05) is 36.4 Å². The van der Waals surface area contributed by atoms with Crippen LogP contribution in [0.1, 0.15) is 19.4 Å². The molecular weight excluding hydrogens is 416 g/mol. The Balaban J connectivity index is 1.97. The first-order valence-corrected chi connectivity index (χ1v) is 10.1. The topological polar surface area (TPSA) is 102 Å². The van der Waals surface area contributed by atoms with E-state index in [1.54, 1.807) is 19.9 Å². The minimum absolute atomic E-state index is 0.0500. The third-order valence-corrected chi connectivity index (χ3v) is 5.67. The smallest absolute Gasteiger partial charge is 0.417 e. The Bertz CT molecular complexity index is 968. The van der Waals surface area contributed by atoms with Gasteiger partial charge in [0.05, 0.1) is 25.7 Å². The molecule has 32 heavy (non-hydrogen) atoms. The van der Waals surface area contributed by atoms with Gasteiger partial charge < -0.3 is 14.2 Å². The Morgan fingerprint density at radius 2 is 1.81 bits per heavy atom. The molecule has 9 nitrogen and oxygen atoms in total. The van der Waals surface area contributed by atoms with Crippen molar-refractivity contribution in [1.82, 2.24) is 9.80 Å². The van der Waals surface area contributed by atoms with Crippen LogP contribution in [0.2, 0.25) is 0 Å². The van der Waals surface area contributed by atoms with Crippen molar-refractivity contribution in [3.63, 3.8) is 0 Å². The predicted octanol–water partition coefficient (Wildman–Crippen LogP) is 2.87. The van der Waals surface area contributed by atoms with Crippen molar-refractivity contribution < 1.29 is 33.4 Å². The second kappa shape index (κ2) is 9.25. The summed E-state index contributed by atoms with van der Waals surface area (Å²) in [4.78, 5) is 52.8. The number of cyclic esters (lactones) is 1. The molecule has 0 unspecified atom stereocenters. The quantitative estimate of drug-likeness (QED) is 0.510. The molecule has 3 rings (SSSR count).